The molecule has 3 amide bonds. The fourth-order valence-corrected chi connectivity index (χ4v) is 3.24. The number of rotatable bonds is 8. The zero-order valence-electron chi connectivity index (χ0n) is 16.2. The Morgan fingerprint density at radius 3 is 2.41 bits per heavy atom. The van der Waals surface area contributed by atoms with Crippen LogP contribution in [0.2, 0.25) is 0 Å². The van der Waals surface area contributed by atoms with Gasteiger partial charge in [0.25, 0.3) is 5.91 Å². The van der Waals surface area contributed by atoms with E-state index < -0.39 is 17.8 Å². The third kappa shape index (κ3) is 6.74. The molecule has 1 aromatic heterocycles. The Morgan fingerprint density at radius 1 is 1.14 bits per heavy atom. The van der Waals surface area contributed by atoms with Crippen molar-refractivity contribution >= 4 is 29.0 Å². The zero-order chi connectivity index (χ0) is 21.4. The molecule has 0 fully saturated rings. The van der Waals surface area contributed by atoms with Crippen molar-refractivity contribution in [3.8, 4) is 0 Å². The molecule has 0 aliphatic rings. The predicted molar refractivity (Wildman–Crippen MR) is 106 cm³/mol. The molecule has 0 radical (unpaired) electrons. The van der Waals surface area contributed by atoms with Crippen molar-refractivity contribution in [1.29, 1.82) is 0 Å². The molecule has 0 aliphatic heterocycles. The van der Waals surface area contributed by atoms with Crippen LogP contribution in [0.25, 0.3) is 0 Å². The van der Waals surface area contributed by atoms with Gasteiger partial charge in [0.05, 0.1) is 12.1 Å². The van der Waals surface area contributed by atoms with Crippen molar-refractivity contribution < 1.29 is 22.8 Å². The molecule has 0 unspecified atom stereocenters. The van der Waals surface area contributed by atoms with E-state index in [9.17, 15) is 22.8 Å². The summed E-state index contributed by atoms with van der Waals surface area (Å²) in [4.78, 5) is 30.3. The topological polar surface area (TPSA) is 74.3 Å². The Kier molecular flexibility index (Phi) is 8.00. The summed E-state index contributed by atoms with van der Waals surface area (Å²) in [6.45, 7) is 5.05. The van der Waals surface area contributed by atoms with Crippen molar-refractivity contribution in [3.63, 3.8) is 0 Å². The molecule has 1 heterocycles. The van der Waals surface area contributed by atoms with E-state index in [0.29, 0.717) is 30.2 Å². The summed E-state index contributed by atoms with van der Waals surface area (Å²) in [5.74, 6) is -0.259. The van der Waals surface area contributed by atoms with E-state index in [1.807, 2.05) is 13.8 Å². The lowest BCUT2D eigenvalue weighted by Gasteiger charge is -2.21. The van der Waals surface area contributed by atoms with Gasteiger partial charge in [-0.05, 0) is 37.1 Å². The molecule has 1 aromatic carbocycles. The van der Waals surface area contributed by atoms with Crippen LogP contribution in [0.15, 0.2) is 29.6 Å². The molecule has 0 spiro atoms. The van der Waals surface area contributed by atoms with Crippen molar-refractivity contribution in [2.45, 2.75) is 39.4 Å². The Morgan fingerprint density at radius 2 is 1.83 bits per heavy atom. The molecule has 0 atom stereocenters. The fourth-order valence-electron chi connectivity index (χ4n) is 2.45. The second-order valence-corrected chi connectivity index (χ2v) is 7.25. The van der Waals surface area contributed by atoms with Crippen LogP contribution in [0.1, 0.15) is 47.7 Å². The standard InChI is InChI=1S/C19H23F3N4O2S/c1-3-9-23-17(27)15-12-29-16(25-15)11-26(10-4-2)18(28)24-14-7-5-13(6-8-14)19(20,21)22/h5-8,12H,3-4,9-11H2,1-2H3,(H,23,27)(H,24,28). The normalized spacial score (nSPS) is 11.2. The summed E-state index contributed by atoms with van der Waals surface area (Å²) in [7, 11) is 0. The number of anilines is 1. The number of aromatic nitrogens is 1. The predicted octanol–water partition coefficient (Wildman–Crippen LogP) is 4.75. The van der Waals surface area contributed by atoms with Gasteiger partial charge in [-0.3, -0.25) is 4.79 Å². The number of urea groups is 1. The average molecular weight is 428 g/mol. The van der Waals surface area contributed by atoms with Crippen molar-refractivity contribution in [3.05, 3.63) is 45.9 Å². The lowest BCUT2D eigenvalue weighted by atomic mass is 10.2. The first kappa shape index (κ1) is 22.7. The summed E-state index contributed by atoms with van der Waals surface area (Å²) in [6, 6.07) is 3.82. The number of carbonyl (C=O) groups excluding carboxylic acids is 2. The van der Waals surface area contributed by atoms with Crippen LogP contribution in [0.3, 0.4) is 0 Å². The van der Waals surface area contributed by atoms with E-state index in [1.54, 1.807) is 5.38 Å². The van der Waals surface area contributed by atoms with Crippen LogP contribution in [-0.4, -0.2) is 34.9 Å². The molecule has 2 rings (SSSR count). The summed E-state index contributed by atoms with van der Waals surface area (Å²) in [5.41, 5.74) is -0.210. The maximum Gasteiger partial charge on any atom is 0.416 e. The molecule has 0 aliphatic carbocycles. The molecule has 6 nitrogen and oxygen atoms in total. The molecule has 0 bridgehead atoms. The number of nitrogens with zero attached hydrogens (tertiary/aromatic N) is 2. The first-order valence-corrected chi connectivity index (χ1v) is 10.1. The summed E-state index contributed by atoms with van der Waals surface area (Å²) in [6.07, 6.45) is -2.92. The zero-order valence-corrected chi connectivity index (χ0v) is 17.0. The second-order valence-electron chi connectivity index (χ2n) is 6.31. The van der Waals surface area contributed by atoms with Crippen LogP contribution in [0.4, 0.5) is 23.7 Å². The monoisotopic (exact) mass is 428 g/mol. The van der Waals surface area contributed by atoms with Crippen LogP contribution in [-0.2, 0) is 12.7 Å². The smallest absolute Gasteiger partial charge is 0.351 e. The van der Waals surface area contributed by atoms with Crippen LogP contribution in [0, 0.1) is 0 Å². The number of hydrogen-bond acceptors (Lipinski definition) is 4. The van der Waals surface area contributed by atoms with Gasteiger partial charge >= 0.3 is 12.2 Å². The highest BCUT2D eigenvalue weighted by atomic mass is 32.1. The molecular formula is C19H23F3N4O2S. The van der Waals surface area contributed by atoms with Crippen molar-refractivity contribution in [1.82, 2.24) is 15.2 Å². The number of halogens is 3. The number of hydrogen-bond donors (Lipinski definition) is 2. The van der Waals surface area contributed by atoms with Gasteiger partial charge in [-0.25, -0.2) is 9.78 Å². The van der Waals surface area contributed by atoms with Crippen molar-refractivity contribution in [2.24, 2.45) is 0 Å². The Hall–Kier alpha value is -2.62. The Bertz CT molecular complexity index is 822. The van der Waals surface area contributed by atoms with Gasteiger partial charge < -0.3 is 15.5 Å². The molecule has 10 heteroatoms. The minimum absolute atomic E-state index is 0.200. The van der Waals surface area contributed by atoms with E-state index >= 15 is 0 Å². The molecule has 2 aromatic rings. The number of benzene rings is 1. The maximum absolute atomic E-state index is 12.7. The van der Waals surface area contributed by atoms with Gasteiger partial charge in [-0.1, -0.05) is 13.8 Å². The van der Waals surface area contributed by atoms with Gasteiger partial charge in [0, 0.05) is 24.2 Å². The largest absolute Gasteiger partial charge is 0.416 e. The van der Waals surface area contributed by atoms with Gasteiger partial charge in [-0.2, -0.15) is 13.2 Å². The second kappa shape index (κ2) is 10.2. The third-order valence-corrected chi connectivity index (χ3v) is 4.72. The highest BCUT2D eigenvalue weighted by molar-refractivity contribution is 7.09. The van der Waals surface area contributed by atoms with E-state index in [4.69, 9.17) is 0 Å². The maximum atomic E-state index is 12.7. The number of alkyl halides is 3. The quantitative estimate of drug-likeness (QED) is 0.637. The Labute approximate surface area is 171 Å². The van der Waals surface area contributed by atoms with E-state index in [-0.39, 0.29) is 18.1 Å². The number of amides is 3. The summed E-state index contributed by atoms with van der Waals surface area (Å²) < 4.78 is 38.0. The van der Waals surface area contributed by atoms with Crippen LogP contribution in [0.5, 0.6) is 0 Å². The van der Waals surface area contributed by atoms with Crippen LogP contribution < -0.4 is 10.6 Å². The van der Waals surface area contributed by atoms with E-state index in [1.165, 1.54) is 28.4 Å². The number of thiazole rings is 1. The van der Waals surface area contributed by atoms with E-state index in [2.05, 4.69) is 15.6 Å². The Balaban J connectivity index is 2.02. The van der Waals surface area contributed by atoms with Gasteiger partial charge in [0.2, 0.25) is 0 Å². The highest BCUT2D eigenvalue weighted by Gasteiger charge is 2.30. The lowest BCUT2D eigenvalue weighted by molar-refractivity contribution is -0.137. The van der Waals surface area contributed by atoms with Gasteiger partial charge in [0.15, 0.2) is 0 Å². The SMILES string of the molecule is CCCNC(=O)c1csc(CN(CCC)C(=O)Nc2ccc(C(F)(F)F)cc2)n1. The first-order valence-electron chi connectivity index (χ1n) is 9.20. The molecule has 2 N–H and O–H groups in total. The van der Waals surface area contributed by atoms with Crippen LogP contribution >= 0.6 is 11.3 Å². The van der Waals surface area contributed by atoms with Gasteiger partial charge in [0.1, 0.15) is 10.7 Å². The molecule has 0 saturated heterocycles. The fraction of sp³-hybridized carbons (Fsp3) is 0.421. The third-order valence-electron chi connectivity index (χ3n) is 3.89. The first-order chi connectivity index (χ1) is 13.7. The minimum atomic E-state index is -4.43. The van der Waals surface area contributed by atoms with Crippen molar-refractivity contribution in [2.75, 3.05) is 18.4 Å². The average Bonchev–Trinajstić information content (AvgIpc) is 3.14. The molecule has 29 heavy (non-hydrogen) atoms. The number of nitrogens with one attached hydrogen (secondary N) is 2. The highest BCUT2D eigenvalue weighted by Crippen LogP contribution is 2.29. The molecule has 0 saturated carbocycles. The molecule has 158 valence electrons. The van der Waals surface area contributed by atoms with Gasteiger partial charge in [-0.15, -0.1) is 11.3 Å². The summed E-state index contributed by atoms with van der Waals surface area (Å²) in [5, 5.41) is 7.58. The number of carbonyl (C=O) groups is 2. The molecular weight excluding hydrogens is 405 g/mol. The van der Waals surface area contributed by atoms with E-state index in [0.717, 1.165) is 18.6 Å². The lowest BCUT2D eigenvalue weighted by Crippen LogP contribution is -2.35. The summed E-state index contributed by atoms with van der Waals surface area (Å²) >= 11 is 1.28. The minimum Gasteiger partial charge on any atom is -0.351 e.